The van der Waals surface area contributed by atoms with E-state index in [0.29, 0.717) is 16.9 Å². The number of hydrogen-bond donors (Lipinski definition) is 1. The first-order valence-electron chi connectivity index (χ1n) is 10.0. The molecule has 2 atom stereocenters. The van der Waals surface area contributed by atoms with Crippen LogP contribution in [0.1, 0.15) is 24.7 Å². The number of anilines is 2. The molecule has 0 aliphatic carbocycles. The van der Waals surface area contributed by atoms with Crippen molar-refractivity contribution < 1.29 is 9.09 Å². The number of halogens is 1. The SMILES string of the molecule is CCCO[P@@](=O)(c1ccc(N(C)C)cc1)[C@H](Nc1ccccc1)c1ccc(Cl)cc1. The highest BCUT2D eigenvalue weighted by Crippen LogP contribution is 2.59. The van der Waals surface area contributed by atoms with E-state index in [1.807, 2.05) is 105 Å². The molecule has 0 aliphatic rings. The summed E-state index contributed by atoms with van der Waals surface area (Å²) in [5.41, 5.74) is 2.78. The highest BCUT2D eigenvalue weighted by molar-refractivity contribution is 7.67. The molecule has 0 amide bonds. The van der Waals surface area contributed by atoms with Crippen molar-refractivity contribution in [2.75, 3.05) is 30.9 Å². The van der Waals surface area contributed by atoms with Gasteiger partial charge in [-0.05, 0) is 60.5 Å². The Labute approximate surface area is 184 Å². The van der Waals surface area contributed by atoms with Crippen molar-refractivity contribution in [3.63, 3.8) is 0 Å². The summed E-state index contributed by atoms with van der Waals surface area (Å²) in [5, 5.41) is 4.78. The molecule has 3 aromatic rings. The van der Waals surface area contributed by atoms with Gasteiger partial charge in [0.05, 0.1) is 6.61 Å². The second-order valence-electron chi connectivity index (χ2n) is 7.31. The second-order valence-corrected chi connectivity index (χ2v) is 10.2. The maximum Gasteiger partial charge on any atom is 0.258 e. The molecule has 4 nitrogen and oxygen atoms in total. The standard InChI is InChI=1S/C24H28ClN2O2P/c1-4-18-29-30(28,23-16-14-22(15-17-23)27(2)3)24(19-10-12-20(25)13-11-19)26-21-8-6-5-7-9-21/h5-17,24,26H,4,18H2,1-3H3/t24-,30-/m0/s1. The molecule has 0 spiro atoms. The van der Waals surface area contributed by atoms with E-state index in [-0.39, 0.29) is 0 Å². The summed E-state index contributed by atoms with van der Waals surface area (Å²) in [5.74, 6) is -0.547. The van der Waals surface area contributed by atoms with Gasteiger partial charge < -0.3 is 14.7 Å². The minimum atomic E-state index is -3.32. The lowest BCUT2D eigenvalue weighted by molar-refractivity contribution is 0.315. The van der Waals surface area contributed by atoms with E-state index in [2.05, 4.69) is 5.32 Å². The topological polar surface area (TPSA) is 41.6 Å². The van der Waals surface area contributed by atoms with Gasteiger partial charge in [0, 0.05) is 35.8 Å². The third-order valence-corrected chi connectivity index (χ3v) is 7.76. The van der Waals surface area contributed by atoms with Gasteiger partial charge in [0.25, 0.3) is 7.37 Å². The van der Waals surface area contributed by atoms with Crippen molar-refractivity contribution in [3.05, 3.63) is 89.4 Å². The summed E-state index contributed by atoms with van der Waals surface area (Å²) in [6.07, 6.45) is 0.776. The van der Waals surface area contributed by atoms with Crippen LogP contribution in [0.3, 0.4) is 0 Å². The van der Waals surface area contributed by atoms with Crippen LogP contribution in [0.15, 0.2) is 78.9 Å². The van der Waals surface area contributed by atoms with Crippen molar-refractivity contribution >= 4 is 35.6 Å². The Balaban J connectivity index is 2.10. The minimum Gasteiger partial charge on any atom is -0.378 e. The summed E-state index contributed by atoms with van der Waals surface area (Å²) >= 11 is 6.11. The van der Waals surface area contributed by atoms with Gasteiger partial charge in [-0.15, -0.1) is 0 Å². The maximum atomic E-state index is 14.5. The van der Waals surface area contributed by atoms with Crippen molar-refractivity contribution in [3.8, 4) is 0 Å². The average molecular weight is 443 g/mol. The minimum absolute atomic E-state index is 0.410. The highest BCUT2D eigenvalue weighted by Gasteiger charge is 2.37. The van der Waals surface area contributed by atoms with Gasteiger partial charge in [0.1, 0.15) is 5.78 Å². The van der Waals surface area contributed by atoms with Crippen LogP contribution in [0.2, 0.25) is 5.02 Å². The number of nitrogens with one attached hydrogen (secondary N) is 1. The molecule has 0 saturated heterocycles. The molecule has 0 bridgehead atoms. The van der Waals surface area contributed by atoms with Gasteiger partial charge in [-0.3, -0.25) is 4.57 Å². The molecular weight excluding hydrogens is 415 g/mol. The van der Waals surface area contributed by atoms with Gasteiger partial charge in [-0.1, -0.05) is 48.9 Å². The number of rotatable bonds is 9. The summed E-state index contributed by atoms with van der Waals surface area (Å²) in [4.78, 5) is 2.01. The van der Waals surface area contributed by atoms with Gasteiger partial charge in [-0.25, -0.2) is 0 Å². The molecule has 0 aromatic heterocycles. The van der Waals surface area contributed by atoms with Crippen molar-refractivity contribution in [2.24, 2.45) is 0 Å². The quantitative estimate of drug-likeness (QED) is 0.382. The zero-order valence-corrected chi connectivity index (χ0v) is 19.2. The van der Waals surface area contributed by atoms with Crippen molar-refractivity contribution in [2.45, 2.75) is 19.1 Å². The van der Waals surface area contributed by atoms with Crippen LogP contribution < -0.4 is 15.5 Å². The zero-order chi connectivity index (χ0) is 21.6. The molecule has 0 radical (unpaired) electrons. The predicted octanol–water partition coefficient (Wildman–Crippen LogP) is 6.55. The first-order chi connectivity index (χ1) is 14.4. The predicted molar refractivity (Wildman–Crippen MR) is 129 cm³/mol. The average Bonchev–Trinajstić information content (AvgIpc) is 2.77. The van der Waals surface area contributed by atoms with Crippen LogP contribution in [0.25, 0.3) is 0 Å². The van der Waals surface area contributed by atoms with Gasteiger partial charge in [0.15, 0.2) is 0 Å². The summed E-state index contributed by atoms with van der Waals surface area (Å²) < 4.78 is 20.6. The van der Waals surface area contributed by atoms with E-state index < -0.39 is 13.2 Å². The fourth-order valence-corrected chi connectivity index (χ4v) is 5.81. The molecule has 0 fully saturated rings. The van der Waals surface area contributed by atoms with Crippen LogP contribution in [0.4, 0.5) is 11.4 Å². The lowest BCUT2D eigenvalue weighted by atomic mass is 10.2. The highest BCUT2D eigenvalue weighted by atomic mass is 35.5. The Bertz CT molecular complexity index is 976. The van der Waals surface area contributed by atoms with Gasteiger partial charge in [0.2, 0.25) is 0 Å². The number of benzene rings is 3. The first-order valence-corrected chi connectivity index (χ1v) is 12.1. The van der Waals surface area contributed by atoms with E-state index >= 15 is 0 Å². The van der Waals surface area contributed by atoms with E-state index in [4.69, 9.17) is 16.1 Å². The van der Waals surface area contributed by atoms with Crippen LogP contribution in [-0.4, -0.2) is 20.7 Å². The summed E-state index contributed by atoms with van der Waals surface area (Å²) in [6, 6.07) is 25.0. The largest absolute Gasteiger partial charge is 0.378 e. The molecule has 6 heteroatoms. The molecule has 0 unspecified atom stereocenters. The Hall–Kier alpha value is -2.26. The van der Waals surface area contributed by atoms with E-state index in [1.165, 1.54) is 0 Å². The number of hydrogen-bond acceptors (Lipinski definition) is 4. The molecule has 0 aliphatic heterocycles. The fourth-order valence-electron chi connectivity index (χ4n) is 3.19. The molecule has 3 rings (SSSR count). The summed E-state index contributed by atoms with van der Waals surface area (Å²) in [7, 11) is 0.640. The lowest BCUT2D eigenvalue weighted by Crippen LogP contribution is -2.21. The Morgan fingerprint density at radius 1 is 0.967 bits per heavy atom. The smallest absolute Gasteiger partial charge is 0.258 e. The van der Waals surface area contributed by atoms with Crippen LogP contribution >= 0.6 is 19.0 Å². The van der Waals surface area contributed by atoms with E-state index in [1.54, 1.807) is 0 Å². The molecular formula is C24H28ClN2O2P. The molecule has 158 valence electrons. The van der Waals surface area contributed by atoms with E-state index in [0.717, 1.165) is 23.4 Å². The van der Waals surface area contributed by atoms with Crippen LogP contribution in [0.5, 0.6) is 0 Å². The molecule has 30 heavy (non-hydrogen) atoms. The third kappa shape index (κ3) is 5.26. The van der Waals surface area contributed by atoms with Crippen LogP contribution in [0, 0.1) is 0 Å². The van der Waals surface area contributed by atoms with Gasteiger partial charge in [-0.2, -0.15) is 0 Å². The fraction of sp³-hybridized carbons (Fsp3) is 0.250. The van der Waals surface area contributed by atoms with Crippen molar-refractivity contribution in [1.29, 1.82) is 0 Å². The Kier molecular flexibility index (Phi) is 7.60. The summed E-state index contributed by atoms with van der Waals surface area (Å²) in [6.45, 7) is 2.43. The van der Waals surface area contributed by atoms with Crippen molar-refractivity contribution in [1.82, 2.24) is 0 Å². The first kappa shape index (κ1) is 22.4. The lowest BCUT2D eigenvalue weighted by Gasteiger charge is -2.30. The molecule has 3 aromatic carbocycles. The number of nitrogens with zero attached hydrogens (tertiary/aromatic N) is 1. The Morgan fingerprint density at radius 3 is 2.17 bits per heavy atom. The molecule has 1 N–H and O–H groups in total. The maximum absolute atomic E-state index is 14.5. The number of para-hydroxylation sites is 1. The monoisotopic (exact) mass is 442 g/mol. The normalized spacial score (nSPS) is 14.0. The van der Waals surface area contributed by atoms with Crippen LogP contribution in [-0.2, 0) is 9.09 Å². The molecule has 0 saturated carbocycles. The molecule has 0 heterocycles. The second kappa shape index (κ2) is 10.2. The third-order valence-electron chi connectivity index (χ3n) is 4.82. The van der Waals surface area contributed by atoms with E-state index in [9.17, 15) is 4.57 Å². The Morgan fingerprint density at radius 2 is 1.60 bits per heavy atom. The zero-order valence-electron chi connectivity index (χ0n) is 17.6. The van der Waals surface area contributed by atoms with Gasteiger partial charge >= 0.3 is 0 Å².